The normalized spacial score (nSPS) is 25.4. The Morgan fingerprint density at radius 1 is 1.30 bits per heavy atom. The van der Waals surface area contributed by atoms with Crippen LogP contribution in [0.4, 0.5) is 27.6 Å². The first-order valence-corrected chi connectivity index (χ1v) is 6.14. The summed E-state index contributed by atoms with van der Waals surface area (Å²) in [6, 6.07) is 1.44. The molecule has 8 heteroatoms. The van der Waals surface area contributed by atoms with E-state index in [1.807, 2.05) is 0 Å². The Morgan fingerprint density at radius 3 is 2.55 bits per heavy atom. The third kappa shape index (κ3) is 2.11. The Kier molecular flexibility index (Phi) is 3.62. The summed E-state index contributed by atoms with van der Waals surface area (Å²) < 4.78 is 68.9. The number of nitrogen functional groups attached to an aromatic ring is 1. The molecule has 0 aliphatic carbocycles. The van der Waals surface area contributed by atoms with Crippen molar-refractivity contribution >= 4 is 22.9 Å². The SMILES string of the molecule is Nc1cc(F)c(F)c([C@@]2(CF)NC(=S)CCC2(F)F)c1. The average molecular weight is 310 g/mol. The molecule has 0 unspecified atom stereocenters. The van der Waals surface area contributed by atoms with Gasteiger partial charge in [0, 0.05) is 24.1 Å². The molecule has 110 valence electrons. The summed E-state index contributed by atoms with van der Waals surface area (Å²) in [5, 5.41) is 2.13. The summed E-state index contributed by atoms with van der Waals surface area (Å²) in [6.07, 6.45) is -0.908. The first kappa shape index (κ1) is 15.0. The first-order valence-electron chi connectivity index (χ1n) is 5.73. The minimum atomic E-state index is -3.63. The second-order valence-corrected chi connectivity index (χ2v) is 5.15. The van der Waals surface area contributed by atoms with E-state index in [0.717, 1.165) is 6.07 Å². The molecule has 0 aromatic heterocycles. The third-order valence-corrected chi connectivity index (χ3v) is 3.66. The van der Waals surface area contributed by atoms with Crippen molar-refractivity contribution in [1.29, 1.82) is 0 Å². The van der Waals surface area contributed by atoms with Crippen molar-refractivity contribution in [1.82, 2.24) is 5.32 Å². The molecule has 1 aromatic rings. The number of nitrogens with two attached hydrogens (primary N) is 1. The van der Waals surface area contributed by atoms with E-state index in [1.54, 1.807) is 0 Å². The molecule has 1 atom stereocenters. The fraction of sp³-hybridized carbons (Fsp3) is 0.417. The summed E-state index contributed by atoms with van der Waals surface area (Å²) >= 11 is 4.77. The van der Waals surface area contributed by atoms with Crippen LogP contribution in [-0.4, -0.2) is 17.6 Å². The number of hydrogen-bond acceptors (Lipinski definition) is 2. The maximum Gasteiger partial charge on any atom is 0.277 e. The summed E-state index contributed by atoms with van der Waals surface area (Å²) in [5.74, 6) is -6.61. The molecule has 0 radical (unpaired) electrons. The quantitative estimate of drug-likeness (QED) is 0.501. The van der Waals surface area contributed by atoms with Gasteiger partial charge >= 0.3 is 0 Å². The molecule has 3 N–H and O–H groups in total. The van der Waals surface area contributed by atoms with Crippen molar-refractivity contribution in [2.45, 2.75) is 24.3 Å². The van der Waals surface area contributed by atoms with Gasteiger partial charge in [-0.25, -0.2) is 22.0 Å². The van der Waals surface area contributed by atoms with Gasteiger partial charge in [-0.05, 0) is 12.1 Å². The number of nitrogens with one attached hydrogen (secondary N) is 1. The van der Waals surface area contributed by atoms with Crippen molar-refractivity contribution < 1.29 is 22.0 Å². The van der Waals surface area contributed by atoms with Gasteiger partial charge in [-0.15, -0.1) is 0 Å². The monoisotopic (exact) mass is 310 g/mol. The lowest BCUT2D eigenvalue weighted by Gasteiger charge is -2.43. The number of benzene rings is 1. The van der Waals surface area contributed by atoms with Gasteiger partial charge in [-0.2, -0.15) is 0 Å². The molecule has 1 saturated heterocycles. The standard InChI is InChI=1S/C12H11F5N2S/c13-5-11(12(16,17)2-1-9(20)19-11)7-3-6(18)4-8(14)10(7)15/h3-4H,1-2,5,18H2,(H,19,20)/t11-/m1/s1. The van der Waals surface area contributed by atoms with E-state index in [0.29, 0.717) is 6.07 Å². The van der Waals surface area contributed by atoms with Gasteiger partial charge < -0.3 is 11.1 Å². The van der Waals surface area contributed by atoms with Gasteiger partial charge in [-0.1, -0.05) is 12.2 Å². The molecule has 2 rings (SSSR count). The molecule has 1 aromatic carbocycles. The maximum atomic E-state index is 14.1. The molecule has 0 amide bonds. The summed E-state index contributed by atoms with van der Waals surface area (Å²) in [5.41, 5.74) is 1.47. The maximum absolute atomic E-state index is 14.1. The highest BCUT2D eigenvalue weighted by Crippen LogP contribution is 2.45. The zero-order chi connectivity index (χ0) is 15.1. The number of rotatable bonds is 2. The molecule has 2 nitrogen and oxygen atoms in total. The van der Waals surface area contributed by atoms with Crippen LogP contribution < -0.4 is 11.1 Å². The van der Waals surface area contributed by atoms with Crippen molar-refractivity contribution in [2.75, 3.05) is 12.4 Å². The molecule has 0 bridgehead atoms. The van der Waals surface area contributed by atoms with Crippen LogP contribution in [0.1, 0.15) is 18.4 Å². The van der Waals surface area contributed by atoms with E-state index in [-0.39, 0.29) is 17.1 Å². The molecule has 1 fully saturated rings. The number of alkyl halides is 3. The smallest absolute Gasteiger partial charge is 0.277 e. The minimum Gasteiger partial charge on any atom is -0.399 e. The van der Waals surface area contributed by atoms with Crippen molar-refractivity contribution in [2.24, 2.45) is 0 Å². The lowest BCUT2D eigenvalue weighted by atomic mass is 9.79. The van der Waals surface area contributed by atoms with Crippen LogP contribution in [0.5, 0.6) is 0 Å². The Balaban J connectivity index is 2.69. The minimum absolute atomic E-state index is 0.0317. The summed E-state index contributed by atoms with van der Waals surface area (Å²) in [6.45, 7) is -1.65. The van der Waals surface area contributed by atoms with Gasteiger partial charge in [0.15, 0.2) is 17.2 Å². The van der Waals surface area contributed by atoms with Crippen LogP contribution in [0.25, 0.3) is 0 Å². The van der Waals surface area contributed by atoms with Gasteiger partial charge in [0.25, 0.3) is 5.92 Å². The molecule has 0 spiro atoms. The summed E-state index contributed by atoms with van der Waals surface area (Å²) in [7, 11) is 0. The molecule has 1 heterocycles. The molecular formula is C12H11F5N2S. The van der Waals surface area contributed by atoms with E-state index in [9.17, 15) is 22.0 Å². The van der Waals surface area contributed by atoms with Crippen LogP contribution in [-0.2, 0) is 5.54 Å². The highest BCUT2D eigenvalue weighted by atomic mass is 32.1. The number of halogens is 5. The lowest BCUT2D eigenvalue weighted by molar-refractivity contribution is -0.109. The molecule has 1 aliphatic rings. The topological polar surface area (TPSA) is 38.0 Å². The molecular weight excluding hydrogens is 299 g/mol. The predicted molar refractivity (Wildman–Crippen MR) is 68.3 cm³/mol. The second-order valence-electron chi connectivity index (χ2n) is 4.66. The van der Waals surface area contributed by atoms with Crippen LogP contribution in [0.15, 0.2) is 12.1 Å². The van der Waals surface area contributed by atoms with Crippen LogP contribution >= 0.6 is 12.2 Å². The predicted octanol–water partition coefficient (Wildman–Crippen LogP) is 3.06. The van der Waals surface area contributed by atoms with E-state index in [1.165, 1.54) is 0 Å². The van der Waals surface area contributed by atoms with Crippen LogP contribution in [0.2, 0.25) is 0 Å². The summed E-state index contributed by atoms with van der Waals surface area (Å²) in [4.78, 5) is -0.0317. The highest BCUT2D eigenvalue weighted by Gasteiger charge is 2.59. The Bertz CT molecular complexity index is 563. The van der Waals surface area contributed by atoms with Gasteiger partial charge in [0.05, 0.1) is 4.99 Å². The first-order chi connectivity index (χ1) is 9.23. The fourth-order valence-corrected chi connectivity index (χ4v) is 2.54. The number of anilines is 1. The molecule has 0 saturated carbocycles. The zero-order valence-electron chi connectivity index (χ0n) is 10.2. The Morgan fingerprint density at radius 2 is 1.95 bits per heavy atom. The molecule has 20 heavy (non-hydrogen) atoms. The number of thiocarbonyl (C=S) groups is 1. The lowest BCUT2D eigenvalue weighted by Crippen LogP contribution is -2.62. The number of piperidine rings is 1. The molecule has 1 aliphatic heterocycles. The van der Waals surface area contributed by atoms with Crippen LogP contribution in [0.3, 0.4) is 0 Å². The highest BCUT2D eigenvalue weighted by molar-refractivity contribution is 7.80. The van der Waals surface area contributed by atoms with Crippen molar-refractivity contribution in [3.8, 4) is 0 Å². The largest absolute Gasteiger partial charge is 0.399 e. The van der Waals surface area contributed by atoms with E-state index in [2.05, 4.69) is 5.32 Å². The van der Waals surface area contributed by atoms with E-state index < -0.39 is 41.8 Å². The van der Waals surface area contributed by atoms with Crippen molar-refractivity contribution in [3.63, 3.8) is 0 Å². The van der Waals surface area contributed by atoms with E-state index >= 15 is 0 Å². The Hall–Kier alpha value is -1.44. The average Bonchev–Trinajstić information content (AvgIpc) is 2.37. The van der Waals surface area contributed by atoms with Gasteiger partial charge in [-0.3, -0.25) is 0 Å². The second kappa shape index (κ2) is 4.83. The third-order valence-electron chi connectivity index (χ3n) is 3.35. The van der Waals surface area contributed by atoms with Crippen LogP contribution in [0, 0.1) is 11.6 Å². The fourth-order valence-electron chi connectivity index (χ4n) is 2.26. The van der Waals surface area contributed by atoms with E-state index in [4.69, 9.17) is 18.0 Å². The number of hydrogen-bond donors (Lipinski definition) is 2. The Labute approximate surface area is 117 Å². The zero-order valence-corrected chi connectivity index (χ0v) is 11.0. The van der Waals surface area contributed by atoms with Gasteiger partial charge in [0.2, 0.25) is 0 Å². The van der Waals surface area contributed by atoms with Gasteiger partial charge in [0.1, 0.15) is 6.67 Å². The van der Waals surface area contributed by atoms with Crippen molar-refractivity contribution in [3.05, 3.63) is 29.3 Å².